The van der Waals surface area contributed by atoms with Crippen molar-refractivity contribution >= 4 is 11.7 Å². The molecule has 2 heterocycles. The topological polar surface area (TPSA) is 35.6 Å². The molecule has 2 fully saturated rings. The summed E-state index contributed by atoms with van der Waals surface area (Å²) in [5, 5.41) is 3.02. The van der Waals surface area contributed by atoms with Crippen molar-refractivity contribution in [3.63, 3.8) is 0 Å². The Labute approximate surface area is 133 Å². The van der Waals surface area contributed by atoms with Gasteiger partial charge in [0.2, 0.25) is 0 Å². The van der Waals surface area contributed by atoms with Crippen molar-refractivity contribution in [3.8, 4) is 0 Å². The monoisotopic (exact) mass is 301 g/mol. The van der Waals surface area contributed by atoms with Gasteiger partial charge in [-0.2, -0.15) is 0 Å². The summed E-state index contributed by atoms with van der Waals surface area (Å²) >= 11 is 0. The van der Waals surface area contributed by atoms with Gasteiger partial charge in [-0.3, -0.25) is 0 Å². The number of hydrogen-bond acceptors (Lipinski definition) is 2. The van der Waals surface area contributed by atoms with Gasteiger partial charge in [0.1, 0.15) is 0 Å². The fraction of sp³-hybridized carbons (Fsp3) is 0.611. The third-order valence-corrected chi connectivity index (χ3v) is 4.81. The number of benzene rings is 1. The molecule has 22 heavy (non-hydrogen) atoms. The van der Waals surface area contributed by atoms with Crippen LogP contribution in [0.1, 0.15) is 31.2 Å². The zero-order valence-corrected chi connectivity index (χ0v) is 13.6. The third-order valence-electron chi connectivity index (χ3n) is 4.81. The summed E-state index contributed by atoms with van der Waals surface area (Å²) in [6.07, 6.45) is 5.19. The minimum Gasteiger partial charge on any atom is -0.324 e. The average molecular weight is 301 g/mol. The molecule has 4 heteroatoms. The lowest BCUT2D eigenvalue weighted by Gasteiger charge is -2.29. The number of urea groups is 1. The van der Waals surface area contributed by atoms with Crippen molar-refractivity contribution in [3.05, 3.63) is 29.8 Å². The van der Waals surface area contributed by atoms with E-state index in [9.17, 15) is 4.79 Å². The molecule has 1 unspecified atom stereocenters. The fourth-order valence-electron chi connectivity index (χ4n) is 3.60. The molecule has 3 rings (SSSR count). The van der Waals surface area contributed by atoms with Gasteiger partial charge >= 0.3 is 6.03 Å². The number of carbonyl (C=O) groups is 1. The fourth-order valence-corrected chi connectivity index (χ4v) is 3.60. The molecule has 1 aromatic rings. The summed E-state index contributed by atoms with van der Waals surface area (Å²) in [4.78, 5) is 16.9. The summed E-state index contributed by atoms with van der Waals surface area (Å²) in [6, 6.07) is 8.03. The van der Waals surface area contributed by atoms with Crippen molar-refractivity contribution in [2.45, 2.75) is 32.6 Å². The van der Waals surface area contributed by atoms with E-state index in [2.05, 4.69) is 10.2 Å². The molecule has 2 amide bonds. The van der Waals surface area contributed by atoms with Crippen LogP contribution >= 0.6 is 0 Å². The number of nitrogens with zero attached hydrogens (tertiary/aromatic N) is 2. The number of amides is 2. The van der Waals surface area contributed by atoms with Crippen LogP contribution in [0.5, 0.6) is 0 Å². The lowest BCUT2D eigenvalue weighted by atomic mass is 10.1. The first-order valence-electron chi connectivity index (χ1n) is 8.55. The Balaban J connectivity index is 1.48. The first kappa shape index (κ1) is 15.3. The predicted octanol–water partition coefficient (Wildman–Crippen LogP) is 3.33. The van der Waals surface area contributed by atoms with Gasteiger partial charge in [-0.15, -0.1) is 0 Å². The Bertz CT molecular complexity index is 511. The Morgan fingerprint density at radius 1 is 1.23 bits per heavy atom. The molecular weight excluding hydrogens is 274 g/mol. The number of aryl methyl sites for hydroxylation is 1. The van der Waals surface area contributed by atoms with Crippen molar-refractivity contribution < 1.29 is 4.79 Å². The maximum Gasteiger partial charge on any atom is 0.321 e. The molecule has 2 aliphatic heterocycles. The van der Waals surface area contributed by atoms with Gasteiger partial charge in [0.05, 0.1) is 0 Å². The highest BCUT2D eigenvalue weighted by atomic mass is 16.2. The molecule has 0 aromatic heterocycles. The van der Waals surface area contributed by atoms with Crippen LogP contribution in [0.4, 0.5) is 10.5 Å². The number of piperidine rings is 1. The number of anilines is 1. The number of likely N-dealkylation sites (tertiary alicyclic amines) is 2. The van der Waals surface area contributed by atoms with Crippen molar-refractivity contribution in [1.82, 2.24) is 9.80 Å². The highest BCUT2D eigenvalue weighted by Crippen LogP contribution is 2.21. The van der Waals surface area contributed by atoms with Crippen LogP contribution in [-0.2, 0) is 0 Å². The molecule has 0 saturated carbocycles. The van der Waals surface area contributed by atoms with Gasteiger partial charge < -0.3 is 15.1 Å². The Morgan fingerprint density at radius 3 is 2.82 bits per heavy atom. The summed E-state index contributed by atoms with van der Waals surface area (Å²) < 4.78 is 0. The maximum atomic E-state index is 12.4. The average Bonchev–Trinajstić information content (AvgIpc) is 2.97. The summed E-state index contributed by atoms with van der Waals surface area (Å²) in [7, 11) is 0. The van der Waals surface area contributed by atoms with E-state index in [-0.39, 0.29) is 6.03 Å². The van der Waals surface area contributed by atoms with E-state index in [1.807, 2.05) is 36.1 Å². The molecule has 2 saturated heterocycles. The van der Waals surface area contributed by atoms with Crippen molar-refractivity contribution in [2.75, 3.05) is 38.0 Å². The van der Waals surface area contributed by atoms with E-state index >= 15 is 0 Å². The molecular formula is C18H27N3O. The first-order valence-corrected chi connectivity index (χ1v) is 8.55. The van der Waals surface area contributed by atoms with Crippen molar-refractivity contribution in [1.29, 1.82) is 0 Å². The van der Waals surface area contributed by atoms with Crippen LogP contribution in [0.2, 0.25) is 0 Å². The van der Waals surface area contributed by atoms with Gasteiger partial charge in [0.15, 0.2) is 0 Å². The molecule has 120 valence electrons. The van der Waals surface area contributed by atoms with E-state index in [4.69, 9.17) is 0 Å². The zero-order valence-electron chi connectivity index (χ0n) is 13.6. The van der Waals surface area contributed by atoms with Crippen LogP contribution < -0.4 is 5.32 Å². The van der Waals surface area contributed by atoms with Crippen LogP contribution in [0, 0.1) is 12.8 Å². The van der Waals surface area contributed by atoms with Gasteiger partial charge in [-0.1, -0.05) is 18.6 Å². The summed E-state index contributed by atoms with van der Waals surface area (Å²) in [5.74, 6) is 0.640. The lowest BCUT2D eigenvalue weighted by Crippen LogP contribution is -2.37. The first-order chi connectivity index (χ1) is 10.7. The van der Waals surface area contributed by atoms with Crippen LogP contribution in [-0.4, -0.2) is 48.6 Å². The second-order valence-electron chi connectivity index (χ2n) is 6.76. The van der Waals surface area contributed by atoms with Gasteiger partial charge in [-0.05, 0) is 62.9 Å². The van der Waals surface area contributed by atoms with E-state index in [0.717, 1.165) is 31.7 Å². The molecule has 1 aromatic carbocycles. The highest BCUT2D eigenvalue weighted by molar-refractivity contribution is 5.89. The molecule has 0 radical (unpaired) electrons. The van der Waals surface area contributed by atoms with Crippen molar-refractivity contribution in [2.24, 2.45) is 5.92 Å². The lowest BCUT2D eigenvalue weighted by molar-refractivity contribution is 0.192. The molecule has 1 atom stereocenters. The normalized spacial score (nSPS) is 22.8. The van der Waals surface area contributed by atoms with E-state index in [0.29, 0.717) is 5.92 Å². The second kappa shape index (κ2) is 7.14. The molecule has 0 bridgehead atoms. The molecule has 1 N–H and O–H groups in total. The Morgan fingerprint density at radius 2 is 2.05 bits per heavy atom. The Kier molecular flexibility index (Phi) is 4.98. The smallest absolute Gasteiger partial charge is 0.321 e. The number of rotatable bonds is 3. The quantitative estimate of drug-likeness (QED) is 0.929. The highest BCUT2D eigenvalue weighted by Gasteiger charge is 2.28. The van der Waals surface area contributed by atoms with Gasteiger partial charge in [-0.25, -0.2) is 4.79 Å². The standard InChI is InChI=1S/C18H27N3O/c1-15-6-5-7-17(12-15)19-18(22)21-11-8-16(14-21)13-20-9-3-2-4-10-20/h5-7,12,16H,2-4,8-11,13-14H2,1H3,(H,19,22). The predicted molar refractivity (Wildman–Crippen MR) is 90.2 cm³/mol. The number of hydrogen-bond donors (Lipinski definition) is 1. The maximum absolute atomic E-state index is 12.4. The minimum atomic E-state index is 0.0479. The van der Waals surface area contributed by atoms with E-state index < -0.39 is 0 Å². The number of nitrogens with one attached hydrogen (secondary N) is 1. The largest absolute Gasteiger partial charge is 0.324 e. The van der Waals surface area contributed by atoms with E-state index in [1.165, 1.54) is 37.9 Å². The van der Waals surface area contributed by atoms with Gasteiger partial charge in [0, 0.05) is 25.3 Å². The van der Waals surface area contributed by atoms with Crippen LogP contribution in [0.25, 0.3) is 0 Å². The van der Waals surface area contributed by atoms with Crippen LogP contribution in [0.3, 0.4) is 0 Å². The summed E-state index contributed by atoms with van der Waals surface area (Å²) in [5.41, 5.74) is 2.06. The molecule has 0 aliphatic carbocycles. The number of carbonyl (C=O) groups excluding carboxylic acids is 1. The van der Waals surface area contributed by atoms with Crippen LogP contribution in [0.15, 0.2) is 24.3 Å². The zero-order chi connectivity index (χ0) is 15.4. The van der Waals surface area contributed by atoms with E-state index in [1.54, 1.807) is 0 Å². The molecule has 4 nitrogen and oxygen atoms in total. The SMILES string of the molecule is Cc1cccc(NC(=O)N2CCC(CN3CCCCC3)C2)c1. The minimum absolute atomic E-state index is 0.0479. The summed E-state index contributed by atoms with van der Waals surface area (Å²) in [6.45, 7) is 7.47. The third kappa shape index (κ3) is 4.01. The second-order valence-corrected chi connectivity index (χ2v) is 6.76. The Hall–Kier alpha value is -1.55. The molecule has 2 aliphatic rings. The molecule has 0 spiro atoms. The van der Waals surface area contributed by atoms with Gasteiger partial charge in [0.25, 0.3) is 0 Å².